The maximum atomic E-state index is 12.2. The molecular formula is C15H23NOS. The minimum Gasteiger partial charge on any atom is -0.243 e. The molecule has 0 bridgehead atoms. The minimum atomic E-state index is -0.959. The molecule has 1 unspecified atom stereocenters. The zero-order chi connectivity index (χ0) is 13.0. The van der Waals surface area contributed by atoms with Crippen LogP contribution in [0.3, 0.4) is 0 Å². The average Bonchev–Trinajstić information content (AvgIpc) is 2.40. The second-order valence-electron chi connectivity index (χ2n) is 5.46. The fourth-order valence-corrected chi connectivity index (χ4v) is 3.62. The van der Waals surface area contributed by atoms with E-state index in [-0.39, 0.29) is 10.8 Å². The van der Waals surface area contributed by atoms with Gasteiger partial charge in [0.25, 0.3) is 0 Å². The number of benzene rings is 1. The molecule has 0 aromatic heterocycles. The van der Waals surface area contributed by atoms with Gasteiger partial charge >= 0.3 is 0 Å². The normalized spacial score (nSPS) is 20.8. The van der Waals surface area contributed by atoms with Gasteiger partial charge in [-0.15, -0.1) is 0 Å². The molecule has 0 spiro atoms. The third kappa shape index (κ3) is 3.01. The van der Waals surface area contributed by atoms with Gasteiger partial charge in [0.05, 0.1) is 16.5 Å². The van der Waals surface area contributed by atoms with Gasteiger partial charge in [-0.1, -0.05) is 49.6 Å². The SMILES string of the molecule is CC(C)S(=O)NC1(c2ccccc2)CCCCC1. The van der Waals surface area contributed by atoms with E-state index in [4.69, 9.17) is 0 Å². The summed E-state index contributed by atoms with van der Waals surface area (Å²) < 4.78 is 15.6. The molecule has 0 amide bonds. The highest BCUT2D eigenvalue weighted by atomic mass is 32.2. The maximum Gasteiger partial charge on any atom is 0.0949 e. The summed E-state index contributed by atoms with van der Waals surface area (Å²) in [7, 11) is -0.959. The van der Waals surface area contributed by atoms with E-state index in [1.165, 1.54) is 24.8 Å². The quantitative estimate of drug-likeness (QED) is 0.887. The largest absolute Gasteiger partial charge is 0.243 e. The highest BCUT2D eigenvalue weighted by Crippen LogP contribution is 2.37. The lowest BCUT2D eigenvalue weighted by Gasteiger charge is -2.38. The molecule has 1 fully saturated rings. The van der Waals surface area contributed by atoms with Crippen molar-refractivity contribution < 1.29 is 4.21 Å². The van der Waals surface area contributed by atoms with Crippen molar-refractivity contribution in [2.45, 2.75) is 56.7 Å². The van der Waals surface area contributed by atoms with Crippen LogP contribution in [0.4, 0.5) is 0 Å². The third-order valence-corrected chi connectivity index (χ3v) is 5.21. The molecule has 100 valence electrons. The maximum absolute atomic E-state index is 12.2. The van der Waals surface area contributed by atoms with E-state index in [0.29, 0.717) is 0 Å². The molecule has 1 atom stereocenters. The van der Waals surface area contributed by atoms with Crippen LogP contribution in [0.15, 0.2) is 30.3 Å². The van der Waals surface area contributed by atoms with Crippen molar-refractivity contribution in [2.24, 2.45) is 0 Å². The van der Waals surface area contributed by atoms with Gasteiger partial charge in [0.1, 0.15) is 0 Å². The lowest BCUT2D eigenvalue weighted by molar-refractivity contribution is 0.277. The summed E-state index contributed by atoms with van der Waals surface area (Å²) in [6, 6.07) is 10.5. The van der Waals surface area contributed by atoms with Crippen molar-refractivity contribution >= 4 is 11.0 Å². The van der Waals surface area contributed by atoms with Crippen LogP contribution in [0, 0.1) is 0 Å². The van der Waals surface area contributed by atoms with E-state index in [2.05, 4.69) is 29.0 Å². The Balaban J connectivity index is 2.26. The summed E-state index contributed by atoms with van der Waals surface area (Å²) in [5, 5.41) is 0.160. The Kier molecular flexibility index (Phi) is 4.57. The topological polar surface area (TPSA) is 29.1 Å². The predicted octanol–water partition coefficient (Wildman–Crippen LogP) is 3.51. The Morgan fingerprint density at radius 1 is 1.11 bits per heavy atom. The summed E-state index contributed by atoms with van der Waals surface area (Å²) in [6.07, 6.45) is 5.92. The predicted molar refractivity (Wildman–Crippen MR) is 77.6 cm³/mol. The van der Waals surface area contributed by atoms with Crippen LogP contribution >= 0.6 is 0 Å². The van der Waals surface area contributed by atoms with Gasteiger partial charge in [0.2, 0.25) is 0 Å². The molecule has 18 heavy (non-hydrogen) atoms. The van der Waals surface area contributed by atoms with Crippen LogP contribution in [0.25, 0.3) is 0 Å². The Labute approximate surface area is 113 Å². The zero-order valence-corrected chi connectivity index (χ0v) is 12.1. The van der Waals surface area contributed by atoms with Gasteiger partial charge in [-0.05, 0) is 32.3 Å². The van der Waals surface area contributed by atoms with E-state index in [1.54, 1.807) is 0 Å². The van der Waals surface area contributed by atoms with Crippen LogP contribution in [0.5, 0.6) is 0 Å². The van der Waals surface area contributed by atoms with Crippen molar-refractivity contribution in [1.29, 1.82) is 0 Å². The van der Waals surface area contributed by atoms with E-state index >= 15 is 0 Å². The fraction of sp³-hybridized carbons (Fsp3) is 0.600. The van der Waals surface area contributed by atoms with Crippen LogP contribution < -0.4 is 4.72 Å². The molecular weight excluding hydrogens is 242 g/mol. The fourth-order valence-electron chi connectivity index (χ4n) is 2.67. The first-order valence-corrected chi connectivity index (χ1v) is 8.09. The monoisotopic (exact) mass is 265 g/mol. The molecule has 0 saturated heterocycles. The van der Waals surface area contributed by atoms with E-state index in [9.17, 15) is 4.21 Å². The number of nitrogens with one attached hydrogen (secondary N) is 1. The van der Waals surface area contributed by atoms with Gasteiger partial charge in [-0.2, -0.15) is 0 Å². The van der Waals surface area contributed by atoms with Gasteiger partial charge in [0, 0.05) is 5.25 Å². The highest BCUT2D eigenvalue weighted by molar-refractivity contribution is 7.83. The molecule has 0 aliphatic heterocycles. The Morgan fingerprint density at radius 2 is 1.72 bits per heavy atom. The highest BCUT2D eigenvalue weighted by Gasteiger charge is 2.35. The van der Waals surface area contributed by atoms with Crippen molar-refractivity contribution in [3.63, 3.8) is 0 Å². The Bertz CT molecular complexity index is 396. The lowest BCUT2D eigenvalue weighted by Crippen LogP contribution is -2.46. The summed E-state index contributed by atoms with van der Waals surface area (Å²) in [6.45, 7) is 4.01. The van der Waals surface area contributed by atoms with Crippen molar-refractivity contribution in [3.8, 4) is 0 Å². The average molecular weight is 265 g/mol. The summed E-state index contributed by atoms with van der Waals surface area (Å²) in [5.74, 6) is 0. The molecule has 1 aliphatic carbocycles. The first-order chi connectivity index (χ1) is 8.64. The molecule has 2 nitrogen and oxygen atoms in total. The van der Waals surface area contributed by atoms with Crippen LogP contribution in [0.1, 0.15) is 51.5 Å². The summed E-state index contributed by atoms with van der Waals surface area (Å²) in [4.78, 5) is 0. The van der Waals surface area contributed by atoms with Crippen LogP contribution in [-0.4, -0.2) is 9.46 Å². The second-order valence-corrected chi connectivity index (χ2v) is 7.20. The molecule has 1 aliphatic rings. The Hall–Kier alpha value is -0.670. The van der Waals surface area contributed by atoms with E-state index < -0.39 is 11.0 Å². The minimum absolute atomic E-state index is 0.0748. The molecule has 1 aromatic carbocycles. The first kappa shape index (κ1) is 13.8. The third-order valence-electron chi connectivity index (χ3n) is 3.76. The summed E-state index contributed by atoms with van der Waals surface area (Å²) >= 11 is 0. The van der Waals surface area contributed by atoms with Gasteiger partial charge in [-0.25, -0.2) is 8.93 Å². The number of rotatable bonds is 4. The lowest BCUT2D eigenvalue weighted by atomic mass is 9.77. The zero-order valence-electron chi connectivity index (χ0n) is 11.3. The van der Waals surface area contributed by atoms with E-state index in [0.717, 1.165) is 12.8 Å². The Morgan fingerprint density at radius 3 is 2.28 bits per heavy atom. The first-order valence-electron chi connectivity index (χ1n) is 6.88. The molecule has 1 aromatic rings. The molecule has 0 radical (unpaired) electrons. The van der Waals surface area contributed by atoms with Gasteiger partial charge < -0.3 is 0 Å². The van der Waals surface area contributed by atoms with Crippen LogP contribution in [0.2, 0.25) is 0 Å². The van der Waals surface area contributed by atoms with Crippen molar-refractivity contribution in [1.82, 2.24) is 4.72 Å². The number of hydrogen-bond acceptors (Lipinski definition) is 1. The van der Waals surface area contributed by atoms with Crippen molar-refractivity contribution in [3.05, 3.63) is 35.9 Å². The van der Waals surface area contributed by atoms with Crippen molar-refractivity contribution in [2.75, 3.05) is 0 Å². The molecule has 1 saturated carbocycles. The van der Waals surface area contributed by atoms with Gasteiger partial charge in [-0.3, -0.25) is 0 Å². The smallest absolute Gasteiger partial charge is 0.0949 e. The molecule has 0 heterocycles. The molecule has 2 rings (SSSR count). The molecule has 3 heteroatoms. The van der Waals surface area contributed by atoms with Crippen LogP contribution in [-0.2, 0) is 16.5 Å². The summed E-state index contributed by atoms with van der Waals surface area (Å²) in [5.41, 5.74) is 1.22. The number of hydrogen-bond donors (Lipinski definition) is 1. The van der Waals surface area contributed by atoms with E-state index in [1.807, 2.05) is 19.9 Å². The second kappa shape index (κ2) is 5.98. The standard InChI is InChI=1S/C15H23NOS/c1-13(2)18(17)16-15(11-7-4-8-12-15)14-9-5-3-6-10-14/h3,5-6,9-10,13,16H,4,7-8,11-12H2,1-2H3. The molecule has 1 N–H and O–H groups in total. The van der Waals surface area contributed by atoms with Gasteiger partial charge in [0.15, 0.2) is 0 Å².